The number of aliphatic hydroxyl groups excluding tert-OH is 1. The number of ether oxygens (including phenoxy) is 1. The molecule has 3 N–H and O–H groups in total. The number of imidazole rings is 1. The summed E-state index contributed by atoms with van der Waals surface area (Å²) in [5.41, 5.74) is 6.88. The van der Waals surface area contributed by atoms with Gasteiger partial charge in [0.05, 0.1) is 24.3 Å². The Labute approximate surface area is 251 Å². The molecule has 0 aliphatic carbocycles. The fourth-order valence-electron chi connectivity index (χ4n) is 4.15. The highest BCUT2D eigenvalue weighted by Crippen LogP contribution is 2.52. The minimum atomic E-state index is -4.00. The Morgan fingerprint density at radius 1 is 1.38 bits per heavy atom. The first-order chi connectivity index (χ1) is 19.9. The summed E-state index contributed by atoms with van der Waals surface area (Å²) in [5.74, 6) is 0.783. The lowest BCUT2D eigenvalue weighted by molar-refractivity contribution is -0.119. The number of carbonyl (C=O) groups is 1. The van der Waals surface area contributed by atoms with Gasteiger partial charge in [-0.2, -0.15) is 9.75 Å². The van der Waals surface area contributed by atoms with Crippen molar-refractivity contribution in [1.82, 2.24) is 19.5 Å². The summed E-state index contributed by atoms with van der Waals surface area (Å²) in [6.07, 6.45) is 9.63. The molecule has 1 aliphatic heterocycles. The maximum atomic E-state index is 13.8. The molecule has 0 spiro atoms. The Morgan fingerprint density at radius 3 is 2.79 bits per heavy atom. The molecule has 1 aliphatic rings. The molecule has 2 aromatic rings. The summed E-state index contributed by atoms with van der Waals surface area (Å²) in [6, 6.07) is 0. The van der Waals surface area contributed by atoms with Crippen LogP contribution in [0, 0.1) is 30.1 Å². The molecule has 0 amide bonds. The molecule has 2 aromatic heterocycles. The van der Waals surface area contributed by atoms with Crippen molar-refractivity contribution in [3.63, 3.8) is 0 Å². The number of nitrogen functional groups attached to an aromatic ring is 1. The zero-order chi connectivity index (χ0) is 31.1. The number of anilines is 1. The third kappa shape index (κ3) is 8.21. The molecule has 14 heteroatoms. The number of hydrogen-bond donors (Lipinski definition) is 2. The summed E-state index contributed by atoms with van der Waals surface area (Å²) in [4.78, 5) is 25.3. The van der Waals surface area contributed by atoms with Crippen molar-refractivity contribution in [2.75, 3.05) is 24.7 Å². The number of aliphatic hydroxyl groups is 1. The number of fused-ring (bicyclic) bond motifs is 1. The molecule has 42 heavy (non-hydrogen) atoms. The number of carbonyl (C=O) groups excluding carboxylic acids is 1. The van der Waals surface area contributed by atoms with Gasteiger partial charge in [-0.05, 0) is 46.5 Å². The van der Waals surface area contributed by atoms with Gasteiger partial charge in [-0.3, -0.25) is 13.9 Å². The molecule has 12 nitrogen and oxygen atoms in total. The first-order valence-electron chi connectivity index (χ1n) is 14.1. The number of allylic oxidation sites excluding steroid dienone is 3. The lowest BCUT2D eigenvalue weighted by Crippen LogP contribution is -2.26. The number of aryl methyl sites for hydroxylation is 1. The highest BCUT2D eigenvalue weighted by atomic mass is 32.2. The molecule has 3 rings (SSSR count). The van der Waals surface area contributed by atoms with Crippen LogP contribution in [0.3, 0.4) is 0 Å². The number of nitrogens with zero attached hydrogens (tertiary/aromatic N) is 5. The predicted octanol–water partition coefficient (Wildman–Crippen LogP) is 5.84. The van der Waals surface area contributed by atoms with Crippen molar-refractivity contribution in [1.29, 1.82) is 0 Å². The highest BCUT2D eigenvalue weighted by molar-refractivity contribution is 8.13. The van der Waals surface area contributed by atoms with E-state index in [9.17, 15) is 14.5 Å². The Balaban J connectivity index is 1.80. The smallest absolute Gasteiger partial charge is 0.471 e. The van der Waals surface area contributed by atoms with Crippen LogP contribution >= 0.6 is 19.5 Å². The fourth-order valence-corrected chi connectivity index (χ4v) is 6.17. The Bertz CT molecular complexity index is 1380. The van der Waals surface area contributed by atoms with E-state index >= 15 is 0 Å². The molecular formula is C28H43N6O6PS. The minimum Gasteiger partial charge on any atom is -0.471 e. The van der Waals surface area contributed by atoms with E-state index in [-0.39, 0.29) is 47.8 Å². The van der Waals surface area contributed by atoms with Crippen molar-refractivity contribution in [3.05, 3.63) is 36.2 Å². The van der Waals surface area contributed by atoms with Gasteiger partial charge in [0, 0.05) is 23.8 Å². The van der Waals surface area contributed by atoms with Crippen LogP contribution < -0.4 is 5.73 Å². The van der Waals surface area contributed by atoms with Crippen molar-refractivity contribution in [2.45, 2.75) is 67.5 Å². The van der Waals surface area contributed by atoms with Crippen molar-refractivity contribution in [2.24, 2.45) is 27.9 Å². The number of rotatable bonds is 14. The molecule has 0 saturated carbocycles. The van der Waals surface area contributed by atoms with Crippen LogP contribution in [0.5, 0.6) is 0 Å². The van der Waals surface area contributed by atoms with Gasteiger partial charge in [-0.25, -0.2) is 14.5 Å². The van der Waals surface area contributed by atoms with E-state index in [2.05, 4.69) is 19.7 Å². The Kier molecular flexibility index (Phi) is 11.8. The number of thioether (sulfide) groups is 1. The van der Waals surface area contributed by atoms with Gasteiger partial charge < -0.3 is 20.1 Å². The first-order valence-corrected chi connectivity index (χ1v) is 16.5. The minimum absolute atomic E-state index is 0.0138. The lowest BCUT2D eigenvalue weighted by Gasteiger charge is -2.19. The molecule has 5 atom stereocenters. The monoisotopic (exact) mass is 622 g/mol. The van der Waals surface area contributed by atoms with E-state index in [0.29, 0.717) is 22.6 Å². The standard InChI is InChI=1S/C28H43N6O6PS/c1-8-10-11-21(9-2)14-31-41(37,38-12-13-42-26(36)28(6,7)16-35)39-15-22-18(3)19(4)25(40-22)34-17-30-23-20(5)32-27(29)33-24(23)34/h8,10,14-15,17-19,21,25,35H,9,11-13,16H2,1-7H3,(H2,29,32,33). The van der Waals surface area contributed by atoms with Gasteiger partial charge >= 0.3 is 7.75 Å². The van der Waals surface area contributed by atoms with E-state index in [0.717, 1.165) is 24.6 Å². The number of nitrogens with two attached hydrogens (primary N) is 1. The van der Waals surface area contributed by atoms with Crippen molar-refractivity contribution >= 4 is 48.0 Å². The summed E-state index contributed by atoms with van der Waals surface area (Å²) in [6.45, 7) is 12.8. The van der Waals surface area contributed by atoms with Crippen LogP contribution in [-0.2, 0) is 23.1 Å². The zero-order valence-corrected chi connectivity index (χ0v) is 27.1. The fraction of sp³-hybridized carbons (Fsp3) is 0.607. The van der Waals surface area contributed by atoms with Crippen LogP contribution in [0.4, 0.5) is 5.95 Å². The Morgan fingerprint density at radius 2 is 2.12 bits per heavy atom. The zero-order valence-electron chi connectivity index (χ0n) is 25.4. The van der Waals surface area contributed by atoms with E-state index in [1.165, 1.54) is 6.26 Å². The average Bonchev–Trinajstić information content (AvgIpc) is 3.50. The van der Waals surface area contributed by atoms with E-state index in [4.69, 9.17) is 19.5 Å². The first kappa shape index (κ1) is 33.8. The predicted molar refractivity (Wildman–Crippen MR) is 166 cm³/mol. The van der Waals surface area contributed by atoms with Crippen molar-refractivity contribution in [3.8, 4) is 0 Å². The quantitative estimate of drug-likeness (QED) is 0.0855. The topological polar surface area (TPSA) is 164 Å². The summed E-state index contributed by atoms with van der Waals surface area (Å²) >= 11 is 1.00. The van der Waals surface area contributed by atoms with E-state index in [1.54, 1.807) is 26.4 Å². The number of hydrogen-bond acceptors (Lipinski definition) is 11. The van der Waals surface area contributed by atoms with Gasteiger partial charge in [-0.15, -0.1) is 0 Å². The molecule has 3 heterocycles. The second-order valence-electron chi connectivity index (χ2n) is 11.0. The summed E-state index contributed by atoms with van der Waals surface area (Å²) in [7, 11) is -4.00. The third-order valence-corrected chi connectivity index (χ3v) is 9.75. The van der Waals surface area contributed by atoms with E-state index in [1.807, 2.05) is 51.3 Å². The molecule has 1 saturated heterocycles. The maximum absolute atomic E-state index is 13.8. The van der Waals surface area contributed by atoms with Crippen LogP contribution in [0.1, 0.15) is 66.3 Å². The van der Waals surface area contributed by atoms with Gasteiger partial charge in [0.15, 0.2) is 17.0 Å². The van der Waals surface area contributed by atoms with Gasteiger partial charge in [0.25, 0.3) is 0 Å². The molecule has 5 unspecified atom stereocenters. The highest BCUT2D eigenvalue weighted by Gasteiger charge is 2.39. The van der Waals surface area contributed by atoms with Crippen molar-refractivity contribution < 1.29 is 28.3 Å². The maximum Gasteiger partial charge on any atom is 0.506 e. The molecular weight excluding hydrogens is 579 g/mol. The largest absolute Gasteiger partial charge is 0.506 e. The molecule has 0 bridgehead atoms. The second-order valence-corrected chi connectivity index (χ2v) is 13.7. The summed E-state index contributed by atoms with van der Waals surface area (Å²) in [5, 5.41) is 9.25. The van der Waals surface area contributed by atoms with Crippen LogP contribution in [0.2, 0.25) is 0 Å². The number of aromatic nitrogens is 4. The van der Waals surface area contributed by atoms with Crippen LogP contribution in [0.25, 0.3) is 11.2 Å². The summed E-state index contributed by atoms with van der Waals surface area (Å²) < 4.78 is 37.5. The van der Waals surface area contributed by atoms with Crippen LogP contribution in [-0.4, -0.2) is 54.9 Å². The SMILES string of the molecule is CC=CCC(C=NP(=O)(OC=C1OC(n2cnc3c(C)nc(N)nc32)C(C)C1C)OCCSC(=O)C(C)(C)CO)CC. The molecule has 0 aromatic carbocycles. The van der Waals surface area contributed by atoms with Gasteiger partial charge in [0.2, 0.25) is 5.95 Å². The Hall–Kier alpha value is -2.73. The average molecular weight is 623 g/mol. The normalized spacial score (nSPS) is 22.7. The van der Waals surface area contributed by atoms with E-state index < -0.39 is 19.4 Å². The second kappa shape index (κ2) is 14.6. The van der Waals surface area contributed by atoms with Gasteiger partial charge in [-0.1, -0.05) is 44.7 Å². The molecule has 232 valence electrons. The molecule has 1 fully saturated rings. The van der Waals surface area contributed by atoms with Crippen LogP contribution in [0.15, 0.2) is 35.3 Å². The molecule has 0 radical (unpaired) electrons. The third-order valence-electron chi connectivity index (χ3n) is 7.27. The van der Waals surface area contributed by atoms with Gasteiger partial charge in [0.1, 0.15) is 23.9 Å². The lowest BCUT2D eigenvalue weighted by atomic mass is 9.96.